The Morgan fingerprint density at radius 3 is 2.33 bits per heavy atom. The van der Waals surface area contributed by atoms with Crippen LogP contribution in [0.5, 0.6) is 0 Å². The van der Waals surface area contributed by atoms with Crippen LogP contribution >= 0.6 is 11.6 Å². The second-order valence-electron chi connectivity index (χ2n) is 7.83. The van der Waals surface area contributed by atoms with Crippen LogP contribution in [0.3, 0.4) is 0 Å². The molecule has 1 heterocycles. The molecule has 2 amide bonds. The summed E-state index contributed by atoms with van der Waals surface area (Å²) in [5.41, 5.74) is 1.02. The number of piperidine rings is 1. The zero-order chi connectivity index (χ0) is 19.2. The van der Waals surface area contributed by atoms with Crippen molar-refractivity contribution in [3.8, 4) is 0 Å². The van der Waals surface area contributed by atoms with Crippen LogP contribution < -0.4 is 5.32 Å². The molecule has 0 aromatic heterocycles. The van der Waals surface area contributed by atoms with Gasteiger partial charge in [-0.1, -0.05) is 49.4 Å². The van der Waals surface area contributed by atoms with Crippen molar-refractivity contribution in [2.75, 3.05) is 13.1 Å². The zero-order valence-corrected chi connectivity index (χ0v) is 16.5. The summed E-state index contributed by atoms with van der Waals surface area (Å²) in [5, 5.41) is 12.1. The second kappa shape index (κ2) is 9.45. The van der Waals surface area contributed by atoms with Crippen LogP contribution in [0, 0.1) is 5.92 Å². The molecule has 1 aromatic rings. The van der Waals surface area contributed by atoms with E-state index in [1.54, 1.807) is 0 Å². The maximum absolute atomic E-state index is 13.5. The molecular weight excluding hydrogens is 364 g/mol. The van der Waals surface area contributed by atoms with Crippen molar-refractivity contribution in [3.05, 3.63) is 34.9 Å². The summed E-state index contributed by atoms with van der Waals surface area (Å²) in [6.07, 6.45) is 7.38. The molecule has 2 aliphatic rings. The van der Waals surface area contributed by atoms with Gasteiger partial charge in [-0.15, -0.1) is 0 Å². The highest BCUT2D eigenvalue weighted by Crippen LogP contribution is 2.37. The number of hydrogen-bond donors (Lipinski definition) is 2. The van der Waals surface area contributed by atoms with Crippen molar-refractivity contribution in [2.45, 2.75) is 63.3 Å². The third-order valence-corrected chi connectivity index (χ3v) is 6.21. The van der Waals surface area contributed by atoms with E-state index in [-0.39, 0.29) is 17.9 Å². The van der Waals surface area contributed by atoms with Gasteiger partial charge in [-0.25, -0.2) is 4.79 Å². The molecule has 0 radical (unpaired) electrons. The summed E-state index contributed by atoms with van der Waals surface area (Å²) >= 11 is 6.23. The lowest BCUT2D eigenvalue weighted by Crippen LogP contribution is -2.48. The minimum Gasteiger partial charge on any atom is -0.465 e. The molecule has 1 unspecified atom stereocenters. The van der Waals surface area contributed by atoms with E-state index in [2.05, 4.69) is 5.32 Å². The third kappa shape index (κ3) is 5.38. The Kier molecular flexibility index (Phi) is 7.00. The molecule has 148 valence electrons. The number of carbonyl (C=O) groups excluding carboxylic acids is 1. The van der Waals surface area contributed by atoms with Crippen molar-refractivity contribution in [1.29, 1.82) is 0 Å². The smallest absolute Gasteiger partial charge is 0.404 e. The number of hydrogen-bond acceptors (Lipinski definition) is 2. The van der Waals surface area contributed by atoms with Gasteiger partial charge in [0.15, 0.2) is 0 Å². The van der Waals surface area contributed by atoms with Crippen LogP contribution in [-0.2, 0) is 4.79 Å². The van der Waals surface area contributed by atoms with E-state index in [4.69, 9.17) is 16.7 Å². The highest BCUT2D eigenvalue weighted by molar-refractivity contribution is 6.30. The Labute approximate surface area is 166 Å². The highest BCUT2D eigenvalue weighted by Gasteiger charge is 2.35. The van der Waals surface area contributed by atoms with Crippen molar-refractivity contribution >= 4 is 23.6 Å². The zero-order valence-electron chi connectivity index (χ0n) is 15.7. The third-order valence-electron chi connectivity index (χ3n) is 5.98. The summed E-state index contributed by atoms with van der Waals surface area (Å²) in [6, 6.07) is 7.68. The number of benzene rings is 1. The minimum absolute atomic E-state index is 0.0611. The van der Waals surface area contributed by atoms with Crippen molar-refractivity contribution in [2.24, 2.45) is 5.92 Å². The summed E-state index contributed by atoms with van der Waals surface area (Å²) in [6.45, 7) is 1.21. The van der Waals surface area contributed by atoms with Crippen molar-refractivity contribution < 1.29 is 14.7 Å². The lowest BCUT2D eigenvalue weighted by atomic mass is 9.80. The van der Waals surface area contributed by atoms with Crippen molar-refractivity contribution in [1.82, 2.24) is 10.2 Å². The van der Waals surface area contributed by atoms with Gasteiger partial charge in [-0.2, -0.15) is 0 Å². The summed E-state index contributed by atoms with van der Waals surface area (Å²) in [7, 11) is 0. The van der Waals surface area contributed by atoms with E-state index in [1.165, 1.54) is 25.7 Å². The van der Waals surface area contributed by atoms with Gasteiger partial charge in [0.2, 0.25) is 5.91 Å². The maximum atomic E-state index is 13.5. The molecule has 1 aliphatic carbocycles. The fourth-order valence-corrected chi connectivity index (χ4v) is 4.77. The Bertz CT molecular complexity index is 651. The first-order valence-corrected chi connectivity index (χ1v) is 10.5. The molecule has 6 heteroatoms. The lowest BCUT2D eigenvalue weighted by molar-refractivity contribution is -0.135. The van der Waals surface area contributed by atoms with Gasteiger partial charge in [-0.3, -0.25) is 4.79 Å². The Balaban J connectivity index is 1.76. The highest BCUT2D eigenvalue weighted by atomic mass is 35.5. The Morgan fingerprint density at radius 1 is 1.07 bits per heavy atom. The fourth-order valence-electron chi connectivity index (χ4n) is 4.58. The van der Waals surface area contributed by atoms with Crippen LogP contribution in [0.15, 0.2) is 24.3 Å². The van der Waals surface area contributed by atoms with E-state index < -0.39 is 6.09 Å². The monoisotopic (exact) mass is 392 g/mol. The first-order valence-electron chi connectivity index (χ1n) is 10.1. The van der Waals surface area contributed by atoms with Gasteiger partial charge in [0.05, 0.1) is 5.92 Å². The van der Waals surface area contributed by atoms with Gasteiger partial charge in [-0.05, 0) is 49.3 Å². The lowest BCUT2D eigenvalue weighted by Gasteiger charge is -2.36. The predicted molar refractivity (Wildman–Crippen MR) is 106 cm³/mol. The van der Waals surface area contributed by atoms with E-state index >= 15 is 0 Å². The molecule has 1 aromatic carbocycles. The van der Waals surface area contributed by atoms with Gasteiger partial charge in [0.1, 0.15) is 0 Å². The second-order valence-corrected chi connectivity index (χ2v) is 8.27. The quantitative estimate of drug-likeness (QED) is 0.732. The number of nitrogens with one attached hydrogen (secondary N) is 1. The van der Waals surface area contributed by atoms with E-state index in [0.717, 1.165) is 18.4 Å². The van der Waals surface area contributed by atoms with Crippen LogP contribution in [0.4, 0.5) is 4.79 Å². The SMILES string of the molecule is O=C(O)NC1CCN(C(=O)C(c2cccc(Cl)c2)C2CCCCCC2)CC1. The number of carboxylic acid groups (broad SMARTS) is 1. The molecule has 3 rings (SSSR count). The van der Waals surface area contributed by atoms with Crippen LogP contribution in [0.2, 0.25) is 5.02 Å². The number of rotatable bonds is 4. The van der Waals surface area contributed by atoms with Gasteiger partial charge >= 0.3 is 6.09 Å². The molecule has 2 fully saturated rings. The molecule has 1 atom stereocenters. The Hall–Kier alpha value is -1.75. The van der Waals surface area contributed by atoms with Crippen LogP contribution in [0.25, 0.3) is 0 Å². The first-order chi connectivity index (χ1) is 13.0. The number of likely N-dealkylation sites (tertiary alicyclic amines) is 1. The molecule has 5 nitrogen and oxygen atoms in total. The summed E-state index contributed by atoms with van der Waals surface area (Å²) < 4.78 is 0. The number of halogens is 1. The largest absolute Gasteiger partial charge is 0.465 e. The standard InChI is InChI=1S/C21H29ClN2O3/c22-17-9-5-8-16(14-17)19(15-6-3-1-2-4-7-15)20(25)24-12-10-18(11-13-24)23-21(26)27/h5,8-9,14-15,18-19,23H,1-4,6-7,10-13H2,(H,26,27). The molecule has 1 aliphatic heterocycles. The molecule has 2 N–H and O–H groups in total. The topological polar surface area (TPSA) is 69.6 Å². The molecular formula is C21H29ClN2O3. The number of carbonyl (C=O) groups is 2. The molecule has 1 saturated heterocycles. The van der Waals surface area contributed by atoms with E-state index in [9.17, 15) is 9.59 Å². The van der Waals surface area contributed by atoms with Gasteiger partial charge in [0, 0.05) is 24.2 Å². The maximum Gasteiger partial charge on any atom is 0.404 e. The van der Waals surface area contributed by atoms with Crippen LogP contribution in [0.1, 0.15) is 62.8 Å². The molecule has 1 saturated carbocycles. The fraction of sp³-hybridized carbons (Fsp3) is 0.619. The molecule has 0 spiro atoms. The minimum atomic E-state index is -0.991. The summed E-state index contributed by atoms with van der Waals surface area (Å²) in [5.74, 6) is 0.386. The predicted octanol–water partition coefficient (Wildman–Crippen LogP) is 4.65. The number of amides is 2. The first kappa shape index (κ1) is 20.0. The van der Waals surface area contributed by atoms with Crippen molar-refractivity contribution in [3.63, 3.8) is 0 Å². The van der Waals surface area contributed by atoms with Gasteiger partial charge < -0.3 is 15.3 Å². The average molecular weight is 393 g/mol. The average Bonchev–Trinajstić information content (AvgIpc) is 2.91. The normalized spacial score (nSPS) is 20.7. The Morgan fingerprint density at radius 2 is 1.74 bits per heavy atom. The molecule has 0 bridgehead atoms. The summed E-state index contributed by atoms with van der Waals surface area (Å²) in [4.78, 5) is 26.3. The van der Waals surface area contributed by atoms with E-state index in [1.807, 2.05) is 29.2 Å². The molecule has 27 heavy (non-hydrogen) atoms. The van der Waals surface area contributed by atoms with E-state index in [0.29, 0.717) is 36.9 Å². The number of nitrogens with zero attached hydrogens (tertiary/aromatic N) is 1. The van der Waals surface area contributed by atoms with Gasteiger partial charge in [0.25, 0.3) is 0 Å². The van der Waals surface area contributed by atoms with Crippen LogP contribution in [-0.4, -0.2) is 41.1 Å².